The molecule has 0 unspecified atom stereocenters. The molecule has 0 aromatic carbocycles. The van der Waals surface area contributed by atoms with Gasteiger partial charge in [-0.3, -0.25) is 0 Å². The first-order chi connectivity index (χ1) is 14.8. The van der Waals surface area contributed by atoms with Crippen molar-refractivity contribution >= 4 is 0 Å². The molecule has 2 aliphatic carbocycles. The average Bonchev–Trinajstić information content (AvgIpc) is 2.73. The molecule has 2 saturated carbocycles. The van der Waals surface area contributed by atoms with E-state index in [-0.39, 0.29) is 24.7 Å². The van der Waals surface area contributed by atoms with E-state index >= 15 is 0 Å². The van der Waals surface area contributed by atoms with E-state index in [1.54, 1.807) is 0 Å². The van der Waals surface area contributed by atoms with Gasteiger partial charge in [0, 0.05) is 5.92 Å². The fourth-order valence-corrected chi connectivity index (χ4v) is 5.58. The lowest BCUT2D eigenvalue weighted by atomic mass is 9.67. The second-order valence-corrected chi connectivity index (χ2v) is 9.86. The molecule has 0 N–H and O–H groups in total. The van der Waals surface area contributed by atoms with Crippen LogP contribution in [-0.2, 0) is 0 Å². The second-order valence-electron chi connectivity index (χ2n) is 9.86. The van der Waals surface area contributed by atoms with Crippen LogP contribution in [0.3, 0.4) is 0 Å². The van der Waals surface area contributed by atoms with Crippen molar-refractivity contribution in [1.29, 1.82) is 0 Å². The highest BCUT2D eigenvalue weighted by Crippen LogP contribution is 2.58. The molecule has 32 heavy (non-hydrogen) atoms. The zero-order valence-corrected chi connectivity index (χ0v) is 18.6. The van der Waals surface area contributed by atoms with Crippen molar-refractivity contribution in [2.24, 2.45) is 23.7 Å². The molecule has 0 aliphatic heterocycles. The summed E-state index contributed by atoms with van der Waals surface area (Å²) >= 11 is 0. The SMILES string of the molecule is CCCCCCCC1CCC(C2CCC(C(F)(F)C(F)(F)C(F)(F)C(F)(F)F)CC2)CC1. The first-order valence-corrected chi connectivity index (χ1v) is 12.0. The minimum Gasteiger partial charge on any atom is -0.199 e. The molecule has 0 amide bonds. The monoisotopic (exact) mass is 482 g/mol. The van der Waals surface area contributed by atoms with Crippen LogP contribution < -0.4 is 0 Å². The van der Waals surface area contributed by atoms with Crippen LogP contribution in [0.1, 0.15) is 96.8 Å². The normalized spacial score (nSPS) is 28.7. The van der Waals surface area contributed by atoms with Gasteiger partial charge in [-0.15, -0.1) is 0 Å². The van der Waals surface area contributed by atoms with Crippen molar-refractivity contribution < 1.29 is 39.5 Å². The molecule has 2 aliphatic rings. The lowest BCUT2D eigenvalue weighted by molar-refractivity contribution is -0.404. The topological polar surface area (TPSA) is 0 Å². The first-order valence-electron chi connectivity index (χ1n) is 12.0. The molecule has 0 bridgehead atoms. The van der Waals surface area contributed by atoms with Crippen LogP contribution in [0.25, 0.3) is 0 Å². The second kappa shape index (κ2) is 10.7. The average molecular weight is 483 g/mol. The van der Waals surface area contributed by atoms with Gasteiger partial charge in [0.15, 0.2) is 0 Å². The Labute approximate surface area is 184 Å². The van der Waals surface area contributed by atoms with Crippen molar-refractivity contribution in [2.45, 2.75) is 121 Å². The van der Waals surface area contributed by atoms with Gasteiger partial charge in [-0.25, -0.2) is 0 Å². The van der Waals surface area contributed by atoms with Gasteiger partial charge in [0.2, 0.25) is 0 Å². The molecule has 2 rings (SSSR count). The molecule has 0 aromatic rings. The molecule has 0 nitrogen and oxygen atoms in total. The lowest BCUT2D eigenvalue weighted by Crippen LogP contribution is -2.63. The van der Waals surface area contributed by atoms with Crippen molar-refractivity contribution in [3.63, 3.8) is 0 Å². The van der Waals surface area contributed by atoms with Crippen LogP contribution >= 0.6 is 0 Å². The molecule has 0 saturated heterocycles. The van der Waals surface area contributed by atoms with Gasteiger partial charge in [0.25, 0.3) is 0 Å². The quantitative estimate of drug-likeness (QED) is 0.215. The zero-order valence-electron chi connectivity index (χ0n) is 18.6. The Morgan fingerprint density at radius 2 is 1.03 bits per heavy atom. The Kier molecular flexibility index (Phi) is 9.27. The summed E-state index contributed by atoms with van der Waals surface area (Å²) in [7, 11) is 0. The minimum absolute atomic E-state index is 0.0457. The van der Waals surface area contributed by atoms with Gasteiger partial charge >= 0.3 is 23.9 Å². The molecule has 190 valence electrons. The van der Waals surface area contributed by atoms with E-state index in [0.29, 0.717) is 5.92 Å². The van der Waals surface area contributed by atoms with Crippen LogP contribution in [-0.4, -0.2) is 23.9 Å². The Hall–Kier alpha value is -0.630. The number of halogens is 9. The third-order valence-corrected chi connectivity index (χ3v) is 7.73. The van der Waals surface area contributed by atoms with Gasteiger partial charge in [0.1, 0.15) is 0 Å². The first kappa shape index (κ1) is 27.6. The summed E-state index contributed by atoms with van der Waals surface area (Å²) in [6.45, 7) is 2.17. The maximum absolute atomic E-state index is 14.2. The van der Waals surface area contributed by atoms with E-state index in [4.69, 9.17) is 0 Å². The van der Waals surface area contributed by atoms with E-state index < -0.39 is 42.7 Å². The van der Waals surface area contributed by atoms with E-state index in [9.17, 15) is 39.5 Å². The summed E-state index contributed by atoms with van der Waals surface area (Å²) in [4.78, 5) is 0. The molecule has 0 atom stereocenters. The summed E-state index contributed by atoms with van der Waals surface area (Å²) in [5, 5.41) is 0. The predicted molar refractivity (Wildman–Crippen MR) is 105 cm³/mol. The molecule has 0 radical (unpaired) electrons. The minimum atomic E-state index is -6.78. The standard InChI is InChI=1S/C23H35F9/c1-2-3-4-5-6-7-16-8-10-17(11-9-16)18-12-14-19(15-13-18)20(24,25)21(26,27)22(28,29)23(30,31)32/h16-19H,2-15H2,1H3. The molecule has 0 heterocycles. The molecule has 2 fully saturated rings. The van der Waals surface area contributed by atoms with E-state index in [2.05, 4.69) is 6.92 Å². The van der Waals surface area contributed by atoms with E-state index in [1.807, 2.05) is 0 Å². The Bertz CT molecular complexity index is 554. The van der Waals surface area contributed by atoms with E-state index in [1.165, 1.54) is 38.5 Å². The highest BCUT2D eigenvalue weighted by atomic mass is 19.4. The van der Waals surface area contributed by atoms with Gasteiger partial charge in [-0.05, 0) is 56.3 Å². The summed E-state index contributed by atoms with van der Waals surface area (Å²) < 4.78 is 119. The number of alkyl halides is 9. The van der Waals surface area contributed by atoms with Crippen LogP contribution in [0.15, 0.2) is 0 Å². The highest BCUT2D eigenvalue weighted by molar-refractivity contribution is 5.03. The van der Waals surface area contributed by atoms with E-state index in [0.717, 1.165) is 25.7 Å². The summed E-state index contributed by atoms with van der Waals surface area (Å²) in [6, 6.07) is 0. The van der Waals surface area contributed by atoms with Crippen molar-refractivity contribution in [1.82, 2.24) is 0 Å². The molecular formula is C23H35F9. The maximum atomic E-state index is 14.2. The molecule has 0 spiro atoms. The van der Waals surface area contributed by atoms with Gasteiger partial charge < -0.3 is 0 Å². The van der Waals surface area contributed by atoms with Crippen LogP contribution in [0.2, 0.25) is 0 Å². The summed E-state index contributed by atoms with van der Waals surface area (Å²) in [5.74, 6) is -19.9. The predicted octanol–water partition coefficient (Wildman–Crippen LogP) is 9.43. The van der Waals surface area contributed by atoms with Crippen molar-refractivity contribution in [3.8, 4) is 0 Å². The third kappa shape index (κ3) is 5.89. The Morgan fingerprint density at radius 1 is 0.562 bits per heavy atom. The highest BCUT2D eigenvalue weighted by Gasteiger charge is 2.82. The Balaban J connectivity index is 1.83. The molecular weight excluding hydrogens is 447 g/mol. The van der Waals surface area contributed by atoms with Crippen molar-refractivity contribution in [3.05, 3.63) is 0 Å². The number of rotatable bonds is 10. The Morgan fingerprint density at radius 3 is 1.50 bits per heavy atom. The fraction of sp³-hybridized carbons (Fsp3) is 1.00. The van der Waals surface area contributed by atoms with Gasteiger partial charge in [0.05, 0.1) is 0 Å². The number of unbranched alkanes of at least 4 members (excludes halogenated alkanes) is 4. The zero-order chi connectivity index (χ0) is 24.2. The van der Waals surface area contributed by atoms with Crippen molar-refractivity contribution in [2.75, 3.05) is 0 Å². The maximum Gasteiger partial charge on any atom is 0.460 e. The van der Waals surface area contributed by atoms with Crippen LogP contribution in [0, 0.1) is 23.7 Å². The fourth-order valence-electron chi connectivity index (χ4n) is 5.58. The van der Waals surface area contributed by atoms with Crippen LogP contribution in [0.4, 0.5) is 39.5 Å². The van der Waals surface area contributed by atoms with Crippen LogP contribution in [0.5, 0.6) is 0 Å². The molecule has 0 aromatic heterocycles. The molecule has 9 heteroatoms. The summed E-state index contributed by atoms with van der Waals surface area (Å²) in [6.07, 6.45) is 3.93. The summed E-state index contributed by atoms with van der Waals surface area (Å²) in [5.41, 5.74) is 0. The number of hydrogen-bond donors (Lipinski definition) is 0. The third-order valence-electron chi connectivity index (χ3n) is 7.73. The van der Waals surface area contributed by atoms with Gasteiger partial charge in [-0.2, -0.15) is 39.5 Å². The number of hydrogen-bond acceptors (Lipinski definition) is 0. The lowest BCUT2D eigenvalue weighted by Gasteiger charge is -2.42. The largest absolute Gasteiger partial charge is 0.460 e. The smallest absolute Gasteiger partial charge is 0.199 e. The van der Waals surface area contributed by atoms with Gasteiger partial charge in [-0.1, -0.05) is 58.3 Å².